The van der Waals surface area contributed by atoms with Crippen LogP contribution in [0, 0.1) is 0 Å². The average Bonchev–Trinajstić information content (AvgIpc) is 3.21. The maximum atomic E-state index is 13.1. The van der Waals surface area contributed by atoms with Gasteiger partial charge in [0.1, 0.15) is 11.5 Å². The van der Waals surface area contributed by atoms with Gasteiger partial charge in [0.15, 0.2) is 0 Å². The van der Waals surface area contributed by atoms with Gasteiger partial charge in [-0.25, -0.2) is 0 Å². The molecule has 1 aliphatic rings. The van der Waals surface area contributed by atoms with Gasteiger partial charge in [0.05, 0.1) is 27.4 Å². The van der Waals surface area contributed by atoms with E-state index >= 15 is 0 Å². The van der Waals surface area contributed by atoms with Crippen LogP contribution in [0.2, 0.25) is 0 Å². The van der Waals surface area contributed by atoms with E-state index in [1.54, 1.807) is 14.2 Å². The first kappa shape index (κ1) is 19.3. The number of ether oxygens (including phenoxy) is 3. The second-order valence-corrected chi connectivity index (χ2v) is 7.15. The maximum Gasteiger partial charge on any atom is 0.223 e. The molecule has 2 aromatic carbocycles. The number of benzene rings is 2. The molecule has 0 saturated carbocycles. The van der Waals surface area contributed by atoms with E-state index in [0.29, 0.717) is 32.7 Å². The molecule has 0 spiro atoms. The Kier molecular flexibility index (Phi) is 5.71. The lowest BCUT2D eigenvalue weighted by molar-refractivity contribution is -0.135. The average molecular weight is 394 g/mol. The van der Waals surface area contributed by atoms with Gasteiger partial charge in [-0.3, -0.25) is 4.79 Å². The zero-order chi connectivity index (χ0) is 20.2. The molecule has 0 radical (unpaired) electrons. The number of aromatic nitrogens is 1. The van der Waals surface area contributed by atoms with Gasteiger partial charge in [0, 0.05) is 54.2 Å². The Balaban J connectivity index is 1.76. The summed E-state index contributed by atoms with van der Waals surface area (Å²) in [6, 6.07) is 13.9. The van der Waals surface area contributed by atoms with E-state index in [0.717, 1.165) is 33.5 Å². The molecule has 6 heteroatoms. The van der Waals surface area contributed by atoms with Crippen molar-refractivity contribution in [2.75, 3.05) is 40.5 Å². The maximum absolute atomic E-state index is 13.1. The van der Waals surface area contributed by atoms with Crippen molar-refractivity contribution in [3.05, 3.63) is 59.8 Å². The van der Waals surface area contributed by atoms with Crippen LogP contribution < -0.4 is 9.47 Å². The summed E-state index contributed by atoms with van der Waals surface area (Å²) in [6.45, 7) is 2.46. The smallest absolute Gasteiger partial charge is 0.223 e. The number of carbonyl (C=O) groups is 1. The van der Waals surface area contributed by atoms with Crippen molar-refractivity contribution in [1.29, 1.82) is 0 Å². The first-order valence-corrected chi connectivity index (χ1v) is 9.84. The molecule has 6 nitrogen and oxygen atoms in total. The number of rotatable bonds is 6. The summed E-state index contributed by atoms with van der Waals surface area (Å²) in [5.74, 6) is 1.43. The summed E-state index contributed by atoms with van der Waals surface area (Å²) in [5, 5.41) is 1.12. The Morgan fingerprint density at radius 1 is 1.10 bits per heavy atom. The van der Waals surface area contributed by atoms with Crippen LogP contribution in [0.15, 0.2) is 48.7 Å². The van der Waals surface area contributed by atoms with Crippen LogP contribution in [0.25, 0.3) is 10.9 Å². The largest absolute Gasteiger partial charge is 0.497 e. The van der Waals surface area contributed by atoms with Crippen molar-refractivity contribution in [1.82, 2.24) is 9.88 Å². The monoisotopic (exact) mass is 394 g/mol. The number of carbonyl (C=O) groups excluding carboxylic acids is 1. The number of morpholine rings is 1. The van der Waals surface area contributed by atoms with Crippen LogP contribution in [0.5, 0.6) is 11.5 Å². The first-order chi connectivity index (χ1) is 14.2. The van der Waals surface area contributed by atoms with Crippen molar-refractivity contribution in [3.8, 4) is 11.5 Å². The summed E-state index contributed by atoms with van der Waals surface area (Å²) < 4.78 is 16.4. The Morgan fingerprint density at radius 2 is 1.90 bits per heavy atom. The fourth-order valence-electron chi connectivity index (χ4n) is 3.99. The Bertz CT molecular complexity index is 991. The minimum Gasteiger partial charge on any atom is -0.497 e. The summed E-state index contributed by atoms with van der Waals surface area (Å²) in [5.41, 5.74) is 3.11. The van der Waals surface area contributed by atoms with Crippen LogP contribution in [0.3, 0.4) is 0 Å². The standard InChI is InChI=1S/C23H26N2O4/c1-27-16-7-8-18(22(13-16)28-2)19(14-23(26)25-9-11-29-12-10-25)20-15-24-21-6-4-3-5-17(20)21/h3-8,13,15,19,24H,9-12,14H2,1-2H3/t19-/m0/s1. The zero-order valence-corrected chi connectivity index (χ0v) is 16.8. The number of hydrogen-bond acceptors (Lipinski definition) is 4. The molecular weight excluding hydrogens is 368 g/mol. The fraction of sp³-hybridized carbons (Fsp3) is 0.348. The molecule has 1 N–H and O–H groups in total. The first-order valence-electron chi connectivity index (χ1n) is 9.84. The number of aromatic amines is 1. The predicted molar refractivity (Wildman–Crippen MR) is 112 cm³/mol. The molecule has 3 aromatic rings. The highest BCUT2D eigenvalue weighted by Crippen LogP contribution is 2.39. The Hall–Kier alpha value is -2.99. The van der Waals surface area contributed by atoms with Crippen LogP contribution in [-0.2, 0) is 9.53 Å². The molecule has 1 amide bonds. The normalized spacial score (nSPS) is 15.3. The molecule has 0 unspecified atom stereocenters. The Labute approximate surface area is 170 Å². The van der Waals surface area contributed by atoms with E-state index < -0.39 is 0 Å². The summed E-state index contributed by atoms with van der Waals surface area (Å²) in [4.78, 5) is 18.4. The van der Waals surface area contributed by atoms with Crippen molar-refractivity contribution in [2.24, 2.45) is 0 Å². The summed E-state index contributed by atoms with van der Waals surface area (Å²) in [6.07, 6.45) is 2.37. The van der Waals surface area contributed by atoms with Crippen LogP contribution >= 0.6 is 0 Å². The number of H-pyrrole nitrogens is 1. The van der Waals surface area contributed by atoms with Gasteiger partial charge in [-0.15, -0.1) is 0 Å². The van der Waals surface area contributed by atoms with E-state index in [2.05, 4.69) is 11.1 Å². The number of methoxy groups -OCH3 is 2. The van der Waals surface area contributed by atoms with E-state index in [-0.39, 0.29) is 11.8 Å². The molecule has 152 valence electrons. The minimum atomic E-state index is -0.137. The lowest BCUT2D eigenvalue weighted by Crippen LogP contribution is -2.41. The van der Waals surface area contributed by atoms with E-state index in [1.165, 1.54) is 0 Å². The number of hydrogen-bond donors (Lipinski definition) is 1. The molecule has 1 fully saturated rings. The second kappa shape index (κ2) is 8.57. The highest BCUT2D eigenvalue weighted by Gasteiger charge is 2.27. The molecule has 1 aromatic heterocycles. The van der Waals surface area contributed by atoms with Gasteiger partial charge >= 0.3 is 0 Å². The zero-order valence-electron chi connectivity index (χ0n) is 16.8. The van der Waals surface area contributed by atoms with Crippen molar-refractivity contribution < 1.29 is 19.0 Å². The molecular formula is C23H26N2O4. The van der Waals surface area contributed by atoms with Crippen LogP contribution in [0.1, 0.15) is 23.5 Å². The summed E-state index contributed by atoms with van der Waals surface area (Å²) >= 11 is 0. The topological polar surface area (TPSA) is 63.8 Å². The number of nitrogens with zero attached hydrogens (tertiary/aromatic N) is 1. The highest BCUT2D eigenvalue weighted by atomic mass is 16.5. The van der Waals surface area contributed by atoms with E-state index in [9.17, 15) is 4.79 Å². The van der Waals surface area contributed by atoms with Crippen molar-refractivity contribution in [3.63, 3.8) is 0 Å². The molecule has 0 aliphatic carbocycles. The minimum absolute atomic E-state index is 0.126. The van der Waals surface area contributed by atoms with Crippen LogP contribution in [-0.4, -0.2) is 56.3 Å². The number of amides is 1. The number of para-hydroxylation sites is 1. The van der Waals surface area contributed by atoms with E-state index in [4.69, 9.17) is 14.2 Å². The van der Waals surface area contributed by atoms with Gasteiger partial charge < -0.3 is 24.1 Å². The molecule has 2 heterocycles. The Morgan fingerprint density at radius 3 is 2.66 bits per heavy atom. The molecule has 1 aliphatic heterocycles. The number of fused-ring (bicyclic) bond motifs is 1. The van der Waals surface area contributed by atoms with Crippen molar-refractivity contribution in [2.45, 2.75) is 12.3 Å². The van der Waals surface area contributed by atoms with Crippen LogP contribution in [0.4, 0.5) is 0 Å². The van der Waals surface area contributed by atoms with Gasteiger partial charge in [-0.2, -0.15) is 0 Å². The van der Waals surface area contributed by atoms with Gasteiger partial charge in [-0.05, 0) is 17.7 Å². The quantitative estimate of drug-likeness (QED) is 0.694. The highest BCUT2D eigenvalue weighted by molar-refractivity contribution is 5.86. The predicted octanol–water partition coefficient (Wildman–Crippen LogP) is 3.57. The van der Waals surface area contributed by atoms with Crippen molar-refractivity contribution >= 4 is 16.8 Å². The third kappa shape index (κ3) is 3.93. The fourth-order valence-corrected chi connectivity index (χ4v) is 3.99. The second-order valence-electron chi connectivity index (χ2n) is 7.15. The van der Waals surface area contributed by atoms with E-state index in [1.807, 2.05) is 47.5 Å². The van der Waals surface area contributed by atoms with Gasteiger partial charge in [0.2, 0.25) is 5.91 Å². The lowest BCUT2D eigenvalue weighted by Gasteiger charge is -2.29. The SMILES string of the molecule is COc1ccc([C@H](CC(=O)N2CCOCC2)c2c[nH]c3ccccc23)c(OC)c1. The molecule has 1 saturated heterocycles. The lowest BCUT2D eigenvalue weighted by atomic mass is 9.87. The summed E-state index contributed by atoms with van der Waals surface area (Å²) in [7, 11) is 3.28. The molecule has 1 atom stereocenters. The third-order valence-electron chi connectivity index (χ3n) is 5.56. The molecule has 29 heavy (non-hydrogen) atoms. The molecule has 0 bridgehead atoms. The van der Waals surface area contributed by atoms with Gasteiger partial charge in [-0.1, -0.05) is 24.3 Å². The number of nitrogens with one attached hydrogen (secondary N) is 1. The van der Waals surface area contributed by atoms with Gasteiger partial charge in [0.25, 0.3) is 0 Å². The molecule has 4 rings (SSSR count). The third-order valence-corrected chi connectivity index (χ3v) is 5.56.